The van der Waals surface area contributed by atoms with E-state index in [1.807, 2.05) is 0 Å². The van der Waals surface area contributed by atoms with Crippen LogP contribution in [0.4, 0.5) is 0 Å². The molecule has 2 atom stereocenters. The van der Waals surface area contributed by atoms with Gasteiger partial charge >= 0.3 is 0 Å². The Bertz CT molecular complexity index is 537. The third kappa shape index (κ3) is 4.13. The van der Waals surface area contributed by atoms with Crippen molar-refractivity contribution >= 4 is 5.91 Å². The fourth-order valence-corrected chi connectivity index (χ4v) is 2.64. The molecular weight excluding hydrogens is 300 g/mol. The Kier molecular flexibility index (Phi) is 6.20. The number of piperidine rings is 1. The molecule has 4 N–H and O–H groups in total. The van der Waals surface area contributed by atoms with Crippen molar-refractivity contribution in [1.82, 2.24) is 4.90 Å². The summed E-state index contributed by atoms with van der Waals surface area (Å²) >= 11 is 0. The van der Waals surface area contributed by atoms with E-state index >= 15 is 0 Å². The normalized spacial score (nSPS) is 21.1. The molecule has 0 aliphatic carbocycles. The second kappa shape index (κ2) is 8.14. The first kappa shape index (κ1) is 17.5. The summed E-state index contributed by atoms with van der Waals surface area (Å²) in [5.41, 5.74) is 5.87. The van der Waals surface area contributed by atoms with Gasteiger partial charge in [-0.15, -0.1) is 0 Å². The van der Waals surface area contributed by atoms with Gasteiger partial charge in [0.15, 0.2) is 0 Å². The van der Waals surface area contributed by atoms with Gasteiger partial charge in [0.25, 0.3) is 5.91 Å². The van der Waals surface area contributed by atoms with Gasteiger partial charge < -0.3 is 30.3 Å². The summed E-state index contributed by atoms with van der Waals surface area (Å²) in [7, 11) is 1.54. The van der Waals surface area contributed by atoms with Gasteiger partial charge in [-0.1, -0.05) is 0 Å². The van der Waals surface area contributed by atoms with E-state index in [9.17, 15) is 15.0 Å². The van der Waals surface area contributed by atoms with Crippen LogP contribution in [-0.2, 0) is 0 Å². The van der Waals surface area contributed by atoms with Gasteiger partial charge in [0.05, 0.1) is 18.8 Å². The van der Waals surface area contributed by atoms with Gasteiger partial charge in [0.1, 0.15) is 18.1 Å². The number of ether oxygens (including phenoxy) is 2. The summed E-state index contributed by atoms with van der Waals surface area (Å²) in [5.74, 6) is 0.615. The van der Waals surface area contributed by atoms with Crippen molar-refractivity contribution in [2.75, 3.05) is 40.0 Å². The average Bonchev–Trinajstić information content (AvgIpc) is 2.58. The van der Waals surface area contributed by atoms with Crippen molar-refractivity contribution in [3.8, 4) is 11.5 Å². The highest BCUT2D eigenvalue weighted by Crippen LogP contribution is 2.28. The lowest BCUT2D eigenvalue weighted by molar-refractivity contribution is 0.000739. The van der Waals surface area contributed by atoms with Crippen LogP contribution in [0.3, 0.4) is 0 Å². The maximum absolute atomic E-state index is 12.7. The molecule has 0 saturated carbocycles. The van der Waals surface area contributed by atoms with Crippen LogP contribution in [0, 0.1) is 5.92 Å². The van der Waals surface area contributed by atoms with Crippen LogP contribution in [0.2, 0.25) is 0 Å². The molecule has 1 fully saturated rings. The van der Waals surface area contributed by atoms with Crippen LogP contribution in [0.15, 0.2) is 18.2 Å². The van der Waals surface area contributed by atoms with Crippen molar-refractivity contribution in [3.63, 3.8) is 0 Å². The van der Waals surface area contributed by atoms with Crippen molar-refractivity contribution in [2.45, 2.75) is 12.5 Å². The topological polar surface area (TPSA) is 105 Å². The van der Waals surface area contributed by atoms with Crippen molar-refractivity contribution in [2.24, 2.45) is 11.7 Å². The van der Waals surface area contributed by atoms with Gasteiger partial charge in [-0.25, -0.2) is 0 Å². The zero-order valence-corrected chi connectivity index (χ0v) is 13.3. The number of nitrogens with zero attached hydrogens (tertiary/aromatic N) is 1. The van der Waals surface area contributed by atoms with E-state index in [0.29, 0.717) is 43.2 Å². The number of benzene rings is 1. The number of carbonyl (C=O) groups is 1. The SMILES string of the molecule is COc1ccc(C(=O)N2CC[C@H](CO)[C@H](O)C2)c(OCCN)c1. The third-order valence-electron chi connectivity index (χ3n) is 4.04. The first-order valence-corrected chi connectivity index (χ1v) is 7.69. The quantitative estimate of drug-likeness (QED) is 0.672. The van der Waals surface area contributed by atoms with Crippen LogP contribution < -0.4 is 15.2 Å². The van der Waals surface area contributed by atoms with Gasteiger partial charge in [-0.2, -0.15) is 0 Å². The van der Waals surface area contributed by atoms with Crippen molar-refractivity contribution in [3.05, 3.63) is 23.8 Å². The Morgan fingerprint density at radius 3 is 2.87 bits per heavy atom. The molecular formula is C16H24N2O5. The van der Waals surface area contributed by atoms with Crippen LogP contribution in [0.25, 0.3) is 0 Å². The Morgan fingerprint density at radius 2 is 2.26 bits per heavy atom. The van der Waals surface area contributed by atoms with Crippen LogP contribution in [0.1, 0.15) is 16.8 Å². The molecule has 23 heavy (non-hydrogen) atoms. The van der Waals surface area contributed by atoms with Crippen molar-refractivity contribution < 1.29 is 24.5 Å². The molecule has 0 radical (unpaired) electrons. The summed E-state index contributed by atoms with van der Waals surface area (Å²) in [6.45, 7) is 1.25. The molecule has 1 saturated heterocycles. The highest BCUT2D eigenvalue weighted by Gasteiger charge is 2.31. The molecule has 0 unspecified atom stereocenters. The summed E-state index contributed by atoms with van der Waals surface area (Å²) in [6, 6.07) is 5.00. The number of amides is 1. The highest BCUT2D eigenvalue weighted by atomic mass is 16.5. The number of aliphatic hydroxyl groups excluding tert-OH is 2. The Morgan fingerprint density at radius 1 is 1.48 bits per heavy atom. The lowest BCUT2D eigenvalue weighted by atomic mass is 9.94. The van der Waals surface area contributed by atoms with Gasteiger partial charge in [-0.05, 0) is 18.6 Å². The summed E-state index contributed by atoms with van der Waals surface area (Å²) in [5, 5.41) is 19.2. The smallest absolute Gasteiger partial charge is 0.257 e. The maximum Gasteiger partial charge on any atom is 0.257 e. The van der Waals surface area contributed by atoms with Gasteiger partial charge in [0.2, 0.25) is 0 Å². The molecule has 1 aromatic carbocycles. The largest absolute Gasteiger partial charge is 0.497 e. The van der Waals surface area contributed by atoms with Crippen LogP contribution >= 0.6 is 0 Å². The molecule has 1 aromatic rings. The molecule has 2 rings (SSSR count). The van der Waals surface area contributed by atoms with Crippen molar-refractivity contribution in [1.29, 1.82) is 0 Å². The molecule has 0 bridgehead atoms. The number of aliphatic hydroxyl groups is 2. The molecule has 1 heterocycles. The highest BCUT2D eigenvalue weighted by molar-refractivity contribution is 5.97. The van der Waals surface area contributed by atoms with E-state index in [0.717, 1.165) is 0 Å². The van der Waals surface area contributed by atoms with Crippen LogP contribution in [-0.4, -0.2) is 67.1 Å². The minimum absolute atomic E-state index is 0.0728. The number of methoxy groups -OCH3 is 1. The molecule has 0 spiro atoms. The third-order valence-corrected chi connectivity index (χ3v) is 4.04. The van der Waals surface area contributed by atoms with E-state index in [1.54, 1.807) is 30.2 Å². The first-order chi connectivity index (χ1) is 11.1. The minimum atomic E-state index is -0.718. The average molecular weight is 324 g/mol. The monoisotopic (exact) mass is 324 g/mol. The van der Waals surface area contributed by atoms with Gasteiger partial charge in [-0.3, -0.25) is 4.79 Å². The second-order valence-corrected chi connectivity index (χ2v) is 5.55. The number of hydrogen-bond donors (Lipinski definition) is 3. The fraction of sp³-hybridized carbons (Fsp3) is 0.562. The lowest BCUT2D eigenvalue weighted by Crippen LogP contribution is -2.47. The fourth-order valence-electron chi connectivity index (χ4n) is 2.64. The number of β-amino-alcohol motifs (C(OH)–C–C–N with tert-alkyl or cyclic N) is 1. The van der Waals surface area contributed by atoms with E-state index in [4.69, 9.17) is 15.2 Å². The van der Waals surface area contributed by atoms with Gasteiger partial charge in [0, 0.05) is 38.2 Å². The zero-order valence-electron chi connectivity index (χ0n) is 13.3. The second-order valence-electron chi connectivity index (χ2n) is 5.55. The number of carbonyl (C=O) groups excluding carboxylic acids is 1. The van der Waals surface area contributed by atoms with E-state index < -0.39 is 6.10 Å². The van der Waals surface area contributed by atoms with Crippen LogP contribution in [0.5, 0.6) is 11.5 Å². The molecule has 7 nitrogen and oxygen atoms in total. The molecule has 1 amide bonds. The summed E-state index contributed by atoms with van der Waals surface area (Å²) < 4.78 is 10.7. The number of likely N-dealkylation sites (tertiary alicyclic amines) is 1. The Balaban J connectivity index is 2.18. The Hall–Kier alpha value is -1.83. The zero-order chi connectivity index (χ0) is 16.8. The molecule has 128 valence electrons. The predicted octanol–water partition coefficient (Wildman–Crippen LogP) is -0.152. The first-order valence-electron chi connectivity index (χ1n) is 7.69. The molecule has 0 aromatic heterocycles. The molecule has 7 heteroatoms. The number of nitrogens with two attached hydrogens (primary N) is 1. The summed E-state index contributed by atoms with van der Waals surface area (Å²) in [6.07, 6.45) is -0.150. The maximum atomic E-state index is 12.7. The van der Waals surface area contributed by atoms with E-state index in [2.05, 4.69) is 0 Å². The Labute approximate surface area is 135 Å². The van der Waals surface area contributed by atoms with E-state index in [-0.39, 0.29) is 25.0 Å². The summed E-state index contributed by atoms with van der Waals surface area (Å²) in [4.78, 5) is 14.3. The molecule has 1 aliphatic heterocycles. The number of hydrogen-bond acceptors (Lipinski definition) is 6. The lowest BCUT2D eigenvalue weighted by Gasteiger charge is -2.35. The molecule has 1 aliphatic rings. The number of rotatable bonds is 6. The standard InChI is InChI=1S/C16H24N2O5/c1-22-12-2-3-13(15(8-12)23-7-5-17)16(21)18-6-4-11(10-19)14(20)9-18/h2-3,8,11,14,19-20H,4-7,9-10,17H2,1H3/t11-,14-/m1/s1. The predicted molar refractivity (Wildman–Crippen MR) is 84.6 cm³/mol. The minimum Gasteiger partial charge on any atom is -0.497 e. The van der Waals surface area contributed by atoms with E-state index in [1.165, 1.54) is 0 Å².